The van der Waals surface area contributed by atoms with Crippen LogP contribution in [0.2, 0.25) is 0 Å². The summed E-state index contributed by atoms with van der Waals surface area (Å²) >= 11 is 0. The Bertz CT molecular complexity index is 405. The van der Waals surface area contributed by atoms with E-state index in [1.54, 1.807) is 12.1 Å². The first-order valence-electron chi connectivity index (χ1n) is 5.35. The van der Waals surface area contributed by atoms with E-state index in [1.807, 2.05) is 0 Å². The van der Waals surface area contributed by atoms with Crippen LogP contribution in [0.25, 0.3) is 0 Å². The fourth-order valence-corrected chi connectivity index (χ4v) is 2.82. The molecule has 0 amide bonds. The second-order valence-electron chi connectivity index (χ2n) is 3.66. The summed E-state index contributed by atoms with van der Waals surface area (Å²) in [7, 11) is 0.581. The molecule has 0 aromatic carbocycles. The van der Waals surface area contributed by atoms with Crippen LogP contribution in [0.4, 0.5) is 0 Å². The number of carbonyl (C=O) groups excluding carboxylic acids is 1. The molecule has 1 aromatic heterocycles. The molecule has 18 heavy (non-hydrogen) atoms. The van der Waals surface area contributed by atoms with Gasteiger partial charge in [0.25, 0.3) is 0 Å². The van der Waals surface area contributed by atoms with Crippen molar-refractivity contribution in [1.29, 1.82) is 0 Å². The number of esters is 1. The maximum absolute atomic E-state index is 12.0. The van der Waals surface area contributed by atoms with E-state index < -0.39 is 19.5 Å². The zero-order valence-electron chi connectivity index (χ0n) is 10.6. The third-order valence-corrected chi connectivity index (χ3v) is 4.56. The van der Waals surface area contributed by atoms with Crippen LogP contribution in [-0.2, 0) is 29.6 Å². The van der Waals surface area contributed by atoms with Crippen LogP contribution in [0.5, 0.6) is 0 Å². The zero-order chi connectivity index (χ0) is 13.6. The Morgan fingerprint density at radius 2 is 2.06 bits per heavy atom. The number of ether oxygens (including phenoxy) is 1. The highest BCUT2D eigenvalue weighted by molar-refractivity contribution is 7.53. The Labute approximate surface area is 106 Å². The number of carbonyl (C=O) groups is 1. The molecule has 0 radical (unpaired) electrons. The average molecular weight is 276 g/mol. The lowest BCUT2D eigenvalue weighted by molar-refractivity contribution is -0.144. The second kappa shape index (κ2) is 6.73. The topological polar surface area (TPSA) is 75.0 Å². The van der Waals surface area contributed by atoms with Gasteiger partial charge in [-0.3, -0.25) is 9.36 Å². The fourth-order valence-electron chi connectivity index (χ4n) is 1.55. The molecule has 0 saturated carbocycles. The maximum Gasteiger partial charge on any atom is 0.331 e. The van der Waals surface area contributed by atoms with Gasteiger partial charge in [0.15, 0.2) is 0 Å². The van der Waals surface area contributed by atoms with E-state index in [-0.39, 0.29) is 12.6 Å². The number of hydrogen-bond acceptors (Lipinski definition) is 6. The summed E-state index contributed by atoms with van der Waals surface area (Å²) in [5.41, 5.74) is 0. The Kier molecular flexibility index (Phi) is 5.59. The highest BCUT2D eigenvalue weighted by Crippen LogP contribution is 2.48. The van der Waals surface area contributed by atoms with Crippen LogP contribution >= 0.6 is 7.60 Å². The molecule has 0 N–H and O–H groups in total. The van der Waals surface area contributed by atoms with E-state index in [1.165, 1.54) is 27.6 Å². The van der Waals surface area contributed by atoms with Crippen LogP contribution < -0.4 is 0 Å². The number of rotatable bonds is 7. The van der Waals surface area contributed by atoms with Gasteiger partial charge in [-0.2, -0.15) is 0 Å². The Morgan fingerprint density at radius 1 is 1.39 bits per heavy atom. The van der Waals surface area contributed by atoms with E-state index in [0.717, 1.165) is 0 Å². The molecule has 0 unspecified atom stereocenters. The van der Waals surface area contributed by atoms with Crippen molar-refractivity contribution in [1.82, 2.24) is 0 Å². The Balaban J connectivity index is 2.79. The van der Waals surface area contributed by atoms with Crippen molar-refractivity contribution in [3.8, 4) is 0 Å². The summed E-state index contributed by atoms with van der Waals surface area (Å²) in [4.78, 5) is 11.7. The summed E-state index contributed by atoms with van der Waals surface area (Å²) in [5.74, 6) is -0.489. The maximum atomic E-state index is 12.0. The summed E-state index contributed by atoms with van der Waals surface area (Å²) in [6, 6.07) is 3.45. The van der Waals surface area contributed by atoms with Crippen molar-refractivity contribution in [2.24, 2.45) is 5.92 Å². The molecule has 0 spiro atoms. The molecular formula is C11H17O6P. The predicted molar refractivity (Wildman–Crippen MR) is 64.4 cm³/mol. The van der Waals surface area contributed by atoms with Gasteiger partial charge in [0, 0.05) is 20.6 Å². The number of furan rings is 1. The van der Waals surface area contributed by atoms with Crippen molar-refractivity contribution in [3.05, 3.63) is 24.2 Å². The van der Waals surface area contributed by atoms with Crippen molar-refractivity contribution < 1.29 is 27.6 Å². The quantitative estimate of drug-likeness (QED) is 0.560. The van der Waals surface area contributed by atoms with Crippen molar-refractivity contribution >= 4 is 13.6 Å². The molecule has 0 saturated heterocycles. The van der Waals surface area contributed by atoms with E-state index >= 15 is 0 Å². The first-order chi connectivity index (χ1) is 8.54. The highest BCUT2D eigenvalue weighted by atomic mass is 31.2. The van der Waals surface area contributed by atoms with Gasteiger partial charge in [0.1, 0.15) is 5.76 Å². The van der Waals surface area contributed by atoms with Gasteiger partial charge in [-0.15, -0.1) is 0 Å². The van der Waals surface area contributed by atoms with Gasteiger partial charge in [-0.1, -0.05) is 0 Å². The van der Waals surface area contributed by atoms with Crippen LogP contribution in [0.15, 0.2) is 22.8 Å². The van der Waals surface area contributed by atoms with E-state index in [4.69, 9.17) is 13.5 Å². The Hall–Kier alpha value is -1.10. The Morgan fingerprint density at radius 3 is 2.50 bits per heavy atom. The molecule has 0 fully saturated rings. The molecule has 102 valence electrons. The van der Waals surface area contributed by atoms with E-state index in [2.05, 4.69) is 4.74 Å². The molecule has 1 rings (SSSR count). The van der Waals surface area contributed by atoms with Gasteiger partial charge in [-0.25, -0.2) is 0 Å². The van der Waals surface area contributed by atoms with Crippen molar-refractivity contribution in [3.63, 3.8) is 0 Å². The summed E-state index contributed by atoms with van der Waals surface area (Å²) in [6.07, 6.45) is 1.75. The normalized spacial score (nSPS) is 13.3. The summed E-state index contributed by atoms with van der Waals surface area (Å²) < 4.78 is 31.5. The lowest BCUT2D eigenvalue weighted by Crippen LogP contribution is -2.23. The van der Waals surface area contributed by atoms with Crippen LogP contribution in [0, 0.1) is 5.92 Å². The van der Waals surface area contributed by atoms with Gasteiger partial charge in [-0.05, 0) is 12.1 Å². The highest BCUT2D eigenvalue weighted by Gasteiger charge is 2.32. The zero-order valence-corrected chi connectivity index (χ0v) is 11.5. The number of methoxy groups -OCH3 is 1. The molecule has 0 aliphatic rings. The van der Waals surface area contributed by atoms with Crippen LogP contribution in [0.1, 0.15) is 5.76 Å². The molecule has 0 aliphatic heterocycles. The van der Waals surface area contributed by atoms with Gasteiger partial charge in [0.05, 0.1) is 25.5 Å². The molecule has 0 aliphatic carbocycles. The van der Waals surface area contributed by atoms with Gasteiger partial charge >= 0.3 is 13.6 Å². The number of hydrogen-bond donors (Lipinski definition) is 0. The molecule has 0 bridgehead atoms. The lowest BCUT2D eigenvalue weighted by atomic mass is 10.1. The molecule has 1 heterocycles. The molecule has 1 aromatic rings. The fraction of sp³-hybridized carbons (Fsp3) is 0.545. The minimum Gasteiger partial charge on any atom is -0.469 e. The summed E-state index contributed by atoms with van der Waals surface area (Å²) in [5, 5.41) is 0. The van der Waals surface area contributed by atoms with E-state index in [0.29, 0.717) is 5.76 Å². The van der Waals surface area contributed by atoms with Gasteiger partial charge in [0.2, 0.25) is 0 Å². The van der Waals surface area contributed by atoms with Crippen LogP contribution in [0.3, 0.4) is 0 Å². The second-order valence-corrected chi connectivity index (χ2v) is 5.98. The molecule has 1 atom stereocenters. The monoisotopic (exact) mass is 276 g/mol. The third kappa shape index (κ3) is 3.98. The van der Waals surface area contributed by atoms with Crippen molar-refractivity contribution in [2.75, 3.05) is 27.5 Å². The lowest BCUT2D eigenvalue weighted by Gasteiger charge is -2.19. The van der Waals surface area contributed by atoms with Crippen LogP contribution in [-0.4, -0.2) is 33.5 Å². The smallest absolute Gasteiger partial charge is 0.331 e. The molecular weight excluding hydrogens is 259 g/mol. The van der Waals surface area contributed by atoms with Gasteiger partial charge < -0.3 is 18.2 Å². The molecule has 7 heteroatoms. The first kappa shape index (κ1) is 15.0. The minimum atomic E-state index is -3.27. The average Bonchev–Trinajstić information content (AvgIpc) is 2.89. The first-order valence-corrected chi connectivity index (χ1v) is 7.08. The van der Waals surface area contributed by atoms with Crippen molar-refractivity contribution in [2.45, 2.75) is 6.42 Å². The SMILES string of the molecule is COC(=O)[C@H](Cc1ccco1)CP(=O)(OC)OC. The predicted octanol–water partition coefficient (Wildman–Crippen LogP) is 2.10. The molecule has 6 nitrogen and oxygen atoms in total. The standard InChI is InChI=1S/C11H17O6P/c1-14-11(12)9(7-10-5-4-6-17-10)8-18(13,15-2)16-3/h4-6,9H,7-8H2,1-3H3/t9-/m1/s1. The largest absolute Gasteiger partial charge is 0.469 e. The summed E-state index contributed by atoms with van der Waals surface area (Å²) in [6.45, 7) is 0. The van der Waals surface area contributed by atoms with E-state index in [9.17, 15) is 9.36 Å². The minimum absolute atomic E-state index is 0.0482. The third-order valence-electron chi connectivity index (χ3n) is 2.56.